The van der Waals surface area contributed by atoms with Crippen molar-refractivity contribution < 1.29 is 19.4 Å². The number of carbonyl (C=O) groups is 2. The predicted molar refractivity (Wildman–Crippen MR) is 61.3 cm³/mol. The van der Waals surface area contributed by atoms with E-state index >= 15 is 0 Å². The number of rotatable bonds is 5. The molecule has 0 aliphatic heterocycles. The lowest BCUT2D eigenvalue weighted by Gasteiger charge is -2.09. The van der Waals surface area contributed by atoms with Crippen LogP contribution in [0.4, 0.5) is 0 Å². The van der Waals surface area contributed by atoms with Gasteiger partial charge in [0.05, 0.1) is 18.2 Å². The Hall–Kier alpha value is -2.08. The van der Waals surface area contributed by atoms with E-state index in [0.717, 1.165) is 0 Å². The van der Waals surface area contributed by atoms with Gasteiger partial charge in [0, 0.05) is 13.1 Å². The third-order valence-corrected chi connectivity index (χ3v) is 2.12. The molecule has 0 aliphatic rings. The van der Waals surface area contributed by atoms with Crippen LogP contribution in [0.15, 0.2) is 18.2 Å². The van der Waals surface area contributed by atoms with Crippen LogP contribution in [-0.2, 0) is 0 Å². The molecule has 0 unspecified atom stereocenters. The van der Waals surface area contributed by atoms with E-state index in [-0.39, 0.29) is 22.8 Å². The lowest BCUT2D eigenvalue weighted by molar-refractivity contribution is 0.0695. The number of hydrogen-bond donors (Lipinski definition) is 3. The first kappa shape index (κ1) is 13.0. The van der Waals surface area contributed by atoms with E-state index in [1.165, 1.54) is 25.3 Å². The van der Waals surface area contributed by atoms with Crippen molar-refractivity contribution in [1.82, 2.24) is 5.32 Å². The average molecular weight is 238 g/mol. The van der Waals surface area contributed by atoms with Crippen LogP contribution in [0.25, 0.3) is 0 Å². The first-order valence-corrected chi connectivity index (χ1v) is 4.99. The number of benzene rings is 1. The summed E-state index contributed by atoms with van der Waals surface area (Å²) < 4.78 is 4.98. The van der Waals surface area contributed by atoms with Crippen LogP contribution < -0.4 is 15.8 Å². The number of nitrogens with two attached hydrogens (primary N) is 1. The third kappa shape index (κ3) is 3.18. The molecule has 0 saturated carbocycles. The first-order chi connectivity index (χ1) is 8.10. The molecular weight excluding hydrogens is 224 g/mol. The molecule has 1 amide bonds. The van der Waals surface area contributed by atoms with Gasteiger partial charge in [-0.3, -0.25) is 4.79 Å². The van der Waals surface area contributed by atoms with Crippen molar-refractivity contribution in [1.29, 1.82) is 0 Å². The maximum absolute atomic E-state index is 11.7. The summed E-state index contributed by atoms with van der Waals surface area (Å²) in [7, 11) is 1.38. The quantitative estimate of drug-likeness (QED) is 0.674. The molecular formula is C11H14N2O4. The predicted octanol–water partition coefficient (Wildman–Crippen LogP) is 0.0819. The highest BCUT2D eigenvalue weighted by molar-refractivity contribution is 5.98. The molecule has 0 bridgehead atoms. The van der Waals surface area contributed by atoms with Crippen LogP contribution >= 0.6 is 0 Å². The minimum Gasteiger partial charge on any atom is -0.496 e. The summed E-state index contributed by atoms with van der Waals surface area (Å²) in [6.07, 6.45) is 0. The van der Waals surface area contributed by atoms with Crippen LogP contribution in [0, 0.1) is 0 Å². The molecule has 1 rings (SSSR count). The van der Waals surface area contributed by atoms with Crippen LogP contribution in [0.1, 0.15) is 20.7 Å². The maximum atomic E-state index is 11.7. The Morgan fingerprint density at radius 2 is 2.18 bits per heavy atom. The van der Waals surface area contributed by atoms with Gasteiger partial charge in [-0.05, 0) is 18.2 Å². The molecule has 6 nitrogen and oxygen atoms in total. The summed E-state index contributed by atoms with van der Waals surface area (Å²) >= 11 is 0. The van der Waals surface area contributed by atoms with Gasteiger partial charge in [0.15, 0.2) is 0 Å². The molecule has 0 saturated heterocycles. The monoisotopic (exact) mass is 238 g/mol. The van der Waals surface area contributed by atoms with Crippen molar-refractivity contribution in [2.75, 3.05) is 20.2 Å². The normalized spacial score (nSPS) is 9.76. The Bertz CT molecular complexity index is 431. The van der Waals surface area contributed by atoms with Crippen LogP contribution in [0.5, 0.6) is 5.75 Å². The van der Waals surface area contributed by atoms with E-state index in [1.807, 2.05) is 0 Å². The summed E-state index contributed by atoms with van der Waals surface area (Å²) in [5, 5.41) is 11.4. The fourth-order valence-electron chi connectivity index (χ4n) is 1.29. The highest BCUT2D eigenvalue weighted by atomic mass is 16.5. The first-order valence-electron chi connectivity index (χ1n) is 4.99. The fourth-order valence-corrected chi connectivity index (χ4v) is 1.29. The van der Waals surface area contributed by atoms with Gasteiger partial charge >= 0.3 is 5.97 Å². The van der Waals surface area contributed by atoms with Crippen molar-refractivity contribution in [3.05, 3.63) is 29.3 Å². The summed E-state index contributed by atoms with van der Waals surface area (Å²) in [5.41, 5.74) is 5.62. The van der Waals surface area contributed by atoms with E-state index in [0.29, 0.717) is 13.1 Å². The van der Waals surface area contributed by atoms with Crippen molar-refractivity contribution in [2.45, 2.75) is 0 Å². The largest absolute Gasteiger partial charge is 0.496 e. The second-order valence-corrected chi connectivity index (χ2v) is 3.26. The molecule has 0 radical (unpaired) electrons. The number of nitrogens with one attached hydrogen (secondary N) is 1. The molecule has 92 valence electrons. The smallest absolute Gasteiger partial charge is 0.335 e. The third-order valence-electron chi connectivity index (χ3n) is 2.12. The molecule has 0 atom stereocenters. The molecule has 6 heteroatoms. The number of hydrogen-bond acceptors (Lipinski definition) is 4. The number of carboxylic acid groups (broad SMARTS) is 1. The summed E-state index contributed by atoms with van der Waals surface area (Å²) in [6, 6.07) is 4.07. The van der Waals surface area contributed by atoms with Crippen molar-refractivity contribution in [3.63, 3.8) is 0 Å². The standard InChI is InChI=1S/C11H14N2O4/c1-17-9-6-7(11(15)16)2-3-8(9)10(14)13-5-4-12/h2-3,6H,4-5,12H2,1H3,(H,13,14)(H,15,16). The number of ether oxygens (including phenoxy) is 1. The van der Waals surface area contributed by atoms with E-state index in [1.54, 1.807) is 0 Å². The van der Waals surface area contributed by atoms with Crippen LogP contribution in [0.2, 0.25) is 0 Å². The Morgan fingerprint density at radius 1 is 1.47 bits per heavy atom. The second-order valence-electron chi connectivity index (χ2n) is 3.26. The molecule has 0 aromatic heterocycles. The topological polar surface area (TPSA) is 102 Å². The number of carboxylic acids is 1. The highest BCUT2D eigenvalue weighted by Crippen LogP contribution is 2.20. The molecule has 1 aromatic rings. The molecule has 0 aliphatic carbocycles. The van der Waals surface area contributed by atoms with Crippen LogP contribution in [-0.4, -0.2) is 37.2 Å². The van der Waals surface area contributed by atoms with E-state index in [4.69, 9.17) is 15.6 Å². The molecule has 17 heavy (non-hydrogen) atoms. The Morgan fingerprint density at radius 3 is 2.71 bits per heavy atom. The minimum absolute atomic E-state index is 0.0669. The zero-order valence-electron chi connectivity index (χ0n) is 9.40. The average Bonchev–Trinajstić information content (AvgIpc) is 2.34. The number of methoxy groups -OCH3 is 1. The van der Waals surface area contributed by atoms with E-state index in [9.17, 15) is 9.59 Å². The lowest BCUT2D eigenvalue weighted by atomic mass is 10.1. The number of aromatic carboxylic acids is 1. The van der Waals surface area contributed by atoms with Gasteiger partial charge < -0.3 is 20.9 Å². The van der Waals surface area contributed by atoms with E-state index in [2.05, 4.69) is 5.32 Å². The summed E-state index contributed by atoms with van der Waals surface area (Å²) in [6.45, 7) is 0.684. The zero-order valence-corrected chi connectivity index (χ0v) is 9.40. The molecule has 0 fully saturated rings. The van der Waals surface area contributed by atoms with Crippen molar-refractivity contribution in [2.24, 2.45) is 5.73 Å². The molecule has 0 spiro atoms. The summed E-state index contributed by atoms with van der Waals surface area (Å²) in [4.78, 5) is 22.4. The minimum atomic E-state index is -1.07. The van der Waals surface area contributed by atoms with Gasteiger partial charge in [0.1, 0.15) is 5.75 Å². The van der Waals surface area contributed by atoms with Crippen LogP contribution in [0.3, 0.4) is 0 Å². The Labute approximate surface area is 98.4 Å². The maximum Gasteiger partial charge on any atom is 0.335 e. The number of amides is 1. The van der Waals surface area contributed by atoms with Crippen molar-refractivity contribution in [3.8, 4) is 5.75 Å². The SMILES string of the molecule is COc1cc(C(=O)O)ccc1C(=O)NCCN. The van der Waals surface area contributed by atoms with Gasteiger partial charge in [0.2, 0.25) is 0 Å². The molecule has 1 aromatic carbocycles. The van der Waals surface area contributed by atoms with Gasteiger partial charge in [-0.2, -0.15) is 0 Å². The number of carbonyl (C=O) groups excluding carboxylic acids is 1. The summed E-state index contributed by atoms with van der Waals surface area (Å²) in [5.74, 6) is -1.19. The zero-order chi connectivity index (χ0) is 12.8. The van der Waals surface area contributed by atoms with Crippen molar-refractivity contribution >= 4 is 11.9 Å². The van der Waals surface area contributed by atoms with Gasteiger partial charge in [-0.15, -0.1) is 0 Å². The Balaban J connectivity index is 3.00. The van der Waals surface area contributed by atoms with Gasteiger partial charge in [0.25, 0.3) is 5.91 Å². The molecule has 0 heterocycles. The molecule has 4 N–H and O–H groups in total. The van der Waals surface area contributed by atoms with E-state index < -0.39 is 5.97 Å². The lowest BCUT2D eigenvalue weighted by Crippen LogP contribution is -2.29. The highest BCUT2D eigenvalue weighted by Gasteiger charge is 2.14. The second kappa shape index (κ2) is 5.86. The fraction of sp³-hybridized carbons (Fsp3) is 0.273. The van der Waals surface area contributed by atoms with Gasteiger partial charge in [-0.1, -0.05) is 0 Å². The Kier molecular flexibility index (Phi) is 4.47. The van der Waals surface area contributed by atoms with Gasteiger partial charge in [-0.25, -0.2) is 4.79 Å².